The standard InChI is InChI=1S/C12H13ClO2/c1-9(3-8-12(14)15-2)10-4-6-11(13)7-5-10/h4-7H,1,3,8H2,2H3. The summed E-state index contributed by atoms with van der Waals surface area (Å²) >= 11 is 5.76. The second-order valence-electron chi connectivity index (χ2n) is 3.19. The largest absolute Gasteiger partial charge is 0.469 e. The van der Waals surface area contributed by atoms with Crippen LogP contribution >= 0.6 is 11.6 Å². The first-order valence-corrected chi connectivity index (χ1v) is 5.02. The summed E-state index contributed by atoms with van der Waals surface area (Å²) < 4.78 is 4.55. The topological polar surface area (TPSA) is 26.3 Å². The number of rotatable bonds is 4. The van der Waals surface area contributed by atoms with Crippen LogP contribution in [0.15, 0.2) is 30.8 Å². The molecule has 0 atom stereocenters. The first kappa shape index (κ1) is 11.8. The number of halogens is 1. The molecule has 3 heteroatoms. The zero-order valence-electron chi connectivity index (χ0n) is 8.63. The Balaban J connectivity index is 2.54. The van der Waals surface area contributed by atoms with Gasteiger partial charge in [-0.15, -0.1) is 0 Å². The number of carbonyl (C=O) groups excluding carboxylic acids is 1. The average Bonchev–Trinajstić information content (AvgIpc) is 2.26. The van der Waals surface area contributed by atoms with Crippen molar-refractivity contribution in [1.29, 1.82) is 0 Å². The maximum Gasteiger partial charge on any atom is 0.305 e. The maximum atomic E-state index is 10.9. The lowest BCUT2D eigenvalue weighted by Gasteiger charge is -2.04. The van der Waals surface area contributed by atoms with Crippen LogP contribution in [0.3, 0.4) is 0 Å². The van der Waals surface area contributed by atoms with Gasteiger partial charge in [0.2, 0.25) is 0 Å². The van der Waals surface area contributed by atoms with Crippen LogP contribution in [-0.4, -0.2) is 13.1 Å². The lowest BCUT2D eigenvalue weighted by atomic mass is 10.0. The minimum atomic E-state index is -0.217. The molecule has 0 saturated heterocycles. The van der Waals surface area contributed by atoms with Gasteiger partial charge in [-0.1, -0.05) is 30.3 Å². The third kappa shape index (κ3) is 3.76. The van der Waals surface area contributed by atoms with Crippen LogP contribution in [0, 0.1) is 0 Å². The SMILES string of the molecule is C=C(CCC(=O)OC)c1ccc(Cl)cc1. The Morgan fingerprint density at radius 3 is 2.47 bits per heavy atom. The van der Waals surface area contributed by atoms with Gasteiger partial charge >= 0.3 is 5.97 Å². The number of methoxy groups -OCH3 is 1. The molecule has 0 spiro atoms. The highest BCUT2D eigenvalue weighted by Gasteiger charge is 2.03. The van der Waals surface area contributed by atoms with E-state index in [1.807, 2.05) is 12.1 Å². The van der Waals surface area contributed by atoms with Crippen molar-refractivity contribution in [2.45, 2.75) is 12.8 Å². The molecule has 0 amide bonds. The van der Waals surface area contributed by atoms with Crippen molar-refractivity contribution in [1.82, 2.24) is 0 Å². The van der Waals surface area contributed by atoms with Crippen molar-refractivity contribution >= 4 is 23.1 Å². The van der Waals surface area contributed by atoms with Crippen LogP contribution in [0.4, 0.5) is 0 Å². The van der Waals surface area contributed by atoms with Crippen molar-refractivity contribution in [2.24, 2.45) is 0 Å². The molecule has 0 radical (unpaired) electrons. The van der Waals surface area contributed by atoms with Crippen LogP contribution in [-0.2, 0) is 9.53 Å². The monoisotopic (exact) mass is 224 g/mol. The van der Waals surface area contributed by atoms with E-state index in [1.165, 1.54) is 7.11 Å². The Labute approximate surface area is 94.5 Å². The van der Waals surface area contributed by atoms with E-state index in [0.29, 0.717) is 17.9 Å². The zero-order chi connectivity index (χ0) is 11.3. The van der Waals surface area contributed by atoms with Crippen LogP contribution in [0.2, 0.25) is 5.02 Å². The molecule has 0 aromatic heterocycles. The molecule has 1 aromatic rings. The first-order valence-electron chi connectivity index (χ1n) is 4.64. The predicted octanol–water partition coefficient (Wildman–Crippen LogP) is 3.31. The molecule has 0 unspecified atom stereocenters. The van der Waals surface area contributed by atoms with Crippen molar-refractivity contribution in [3.05, 3.63) is 41.4 Å². The van der Waals surface area contributed by atoms with E-state index in [2.05, 4.69) is 11.3 Å². The molecule has 0 aliphatic heterocycles. The Morgan fingerprint density at radius 1 is 1.33 bits per heavy atom. The predicted molar refractivity (Wildman–Crippen MR) is 61.7 cm³/mol. The van der Waals surface area contributed by atoms with Gasteiger partial charge in [-0.25, -0.2) is 0 Å². The lowest BCUT2D eigenvalue weighted by Crippen LogP contribution is -1.99. The summed E-state index contributed by atoms with van der Waals surface area (Å²) in [5.41, 5.74) is 1.92. The fourth-order valence-electron chi connectivity index (χ4n) is 1.18. The second kappa shape index (κ2) is 5.56. The number of allylic oxidation sites excluding steroid dienone is 1. The summed E-state index contributed by atoms with van der Waals surface area (Å²) in [5, 5.41) is 0.694. The second-order valence-corrected chi connectivity index (χ2v) is 3.62. The Morgan fingerprint density at radius 2 is 1.93 bits per heavy atom. The fourth-order valence-corrected chi connectivity index (χ4v) is 1.31. The van der Waals surface area contributed by atoms with E-state index in [-0.39, 0.29) is 5.97 Å². The van der Waals surface area contributed by atoms with Crippen LogP contribution in [0.5, 0.6) is 0 Å². The van der Waals surface area contributed by atoms with Crippen LogP contribution < -0.4 is 0 Å². The summed E-state index contributed by atoms with van der Waals surface area (Å²) in [4.78, 5) is 10.9. The molecule has 0 bridgehead atoms. The van der Waals surface area contributed by atoms with Crippen molar-refractivity contribution in [3.8, 4) is 0 Å². The lowest BCUT2D eigenvalue weighted by molar-refractivity contribution is -0.140. The van der Waals surface area contributed by atoms with E-state index in [4.69, 9.17) is 11.6 Å². The van der Waals surface area contributed by atoms with Crippen LogP contribution in [0.25, 0.3) is 5.57 Å². The van der Waals surface area contributed by atoms with Gasteiger partial charge < -0.3 is 4.74 Å². The molecule has 0 fully saturated rings. The zero-order valence-corrected chi connectivity index (χ0v) is 9.38. The molecule has 15 heavy (non-hydrogen) atoms. The summed E-state index contributed by atoms with van der Waals surface area (Å²) in [6.07, 6.45) is 0.965. The maximum absolute atomic E-state index is 10.9. The third-order valence-corrected chi connectivity index (χ3v) is 2.36. The Bertz CT molecular complexity index is 354. The average molecular weight is 225 g/mol. The molecule has 0 aliphatic carbocycles. The molecule has 0 N–H and O–H groups in total. The Kier molecular flexibility index (Phi) is 4.37. The van der Waals surface area contributed by atoms with E-state index in [1.54, 1.807) is 12.1 Å². The molecule has 0 saturated carbocycles. The molecule has 1 rings (SSSR count). The quantitative estimate of drug-likeness (QED) is 0.734. The van der Waals surface area contributed by atoms with Crippen molar-refractivity contribution < 1.29 is 9.53 Å². The number of hydrogen-bond donors (Lipinski definition) is 0. The fraction of sp³-hybridized carbons (Fsp3) is 0.250. The van der Waals surface area contributed by atoms with Gasteiger partial charge in [0, 0.05) is 11.4 Å². The molecular formula is C12H13ClO2. The summed E-state index contributed by atoms with van der Waals surface area (Å²) in [7, 11) is 1.38. The van der Waals surface area contributed by atoms with Gasteiger partial charge in [-0.05, 0) is 29.7 Å². The number of ether oxygens (including phenoxy) is 1. The van der Waals surface area contributed by atoms with Gasteiger partial charge in [0.25, 0.3) is 0 Å². The number of carbonyl (C=O) groups is 1. The number of benzene rings is 1. The minimum absolute atomic E-state index is 0.217. The van der Waals surface area contributed by atoms with Crippen molar-refractivity contribution in [3.63, 3.8) is 0 Å². The highest BCUT2D eigenvalue weighted by Crippen LogP contribution is 2.20. The van der Waals surface area contributed by atoms with Gasteiger partial charge in [-0.2, -0.15) is 0 Å². The number of esters is 1. The summed E-state index contributed by atoms with van der Waals surface area (Å²) in [6, 6.07) is 7.39. The highest BCUT2D eigenvalue weighted by atomic mass is 35.5. The first-order chi connectivity index (χ1) is 7.13. The third-order valence-electron chi connectivity index (χ3n) is 2.11. The molecule has 0 aliphatic rings. The van der Waals surface area contributed by atoms with E-state index in [9.17, 15) is 4.79 Å². The van der Waals surface area contributed by atoms with E-state index in [0.717, 1.165) is 11.1 Å². The smallest absolute Gasteiger partial charge is 0.305 e. The van der Waals surface area contributed by atoms with Crippen LogP contribution in [0.1, 0.15) is 18.4 Å². The molecule has 0 heterocycles. The van der Waals surface area contributed by atoms with Crippen molar-refractivity contribution in [2.75, 3.05) is 7.11 Å². The normalized spacial score (nSPS) is 9.73. The number of hydrogen-bond acceptors (Lipinski definition) is 2. The van der Waals surface area contributed by atoms with Gasteiger partial charge in [-0.3, -0.25) is 4.79 Å². The van der Waals surface area contributed by atoms with Gasteiger partial charge in [0.05, 0.1) is 7.11 Å². The summed E-state index contributed by atoms with van der Waals surface area (Å²) in [6.45, 7) is 3.91. The molecule has 2 nitrogen and oxygen atoms in total. The minimum Gasteiger partial charge on any atom is -0.469 e. The van der Waals surface area contributed by atoms with Gasteiger partial charge in [0.15, 0.2) is 0 Å². The van der Waals surface area contributed by atoms with Gasteiger partial charge in [0.1, 0.15) is 0 Å². The van der Waals surface area contributed by atoms with E-state index < -0.39 is 0 Å². The molecular weight excluding hydrogens is 212 g/mol. The molecule has 80 valence electrons. The Hall–Kier alpha value is -1.28. The highest BCUT2D eigenvalue weighted by molar-refractivity contribution is 6.30. The van der Waals surface area contributed by atoms with E-state index >= 15 is 0 Å². The molecule has 1 aromatic carbocycles. The summed E-state index contributed by atoms with van der Waals surface area (Å²) in [5.74, 6) is -0.217.